The molecule has 4 atom stereocenters. The topological polar surface area (TPSA) is 52.6 Å². The molecule has 2 aromatic rings. The molecular formula is C20H20O4. The van der Waals surface area contributed by atoms with E-state index in [4.69, 9.17) is 9.47 Å². The van der Waals surface area contributed by atoms with Crippen molar-refractivity contribution in [1.29, 1.82) is 0 Å². The summed E-state index contributed by atoms with van der Waals surface area (Å²) < 4.78 is 9.94. The second-order valence-electron chi connectivity index (χ2n) is 5.97. The van der Waals surface area contributed by atoms with Crippen LogP contribution in [0.3, 0.4) is 0 Å². The first-order valence-corrected chi connectivity index (χ1v) is 7.94. The number of hydrogen-bond donors (Lipinski definition) is 0. The van der Waals surface area contributed by atoms with Crippen molar-refractivity contribution in [2.24, 2.45) is 11.8 Å². The first-order valence-electron chi connectivity index (χ1n) is 7.94. The van der Waals surface area contributed by atoms with E-state index >= 15 is 0 Å². The molecule has 0 saturated heterocycles. The third-order valence-electron chi connectivity index (χ3n) is 4.86. The van der Waals surface area contributed by atoms with Crippen LogP contribution in [0.15, 0.2) is 60.7 Å². The Bertz CT molecular complexity index is 647. The van der Waals surface area contributed by atoms with E-state index in [2.05, 4.69) is 0 Å². The first-order chi connectivity index (χ1) is 11.7. The maximum Gasteiger partial charge on any atom is 0.310 e. The van der Waals surface area contributed by atoms with Gasteiger partial charge in [0.2, 0.25) is 0 Å². The third kappa shape index (κ3) is 2.68. The van der Waals surface area contributed by atoms with E-state index in [0.717, 1.165) is 11.1 Å². The van der Waals surface area contributed by atoms with E-state index in [-0.39, 0.29) is 23.8 Å². The SMILES string of the molecule is COC(=O)C1C(C(=O)OC)C(c2ccccc2)C1c1ccccc1. The molecule has 3 rings (SSSR count). The van der Waals surface area contributed by atoms with Crippen molar-refractivity contribution in [1.82, 2.24) is 0 Å². The van der Waals surface area contributed by atoms with Crippen molar-refractivity contribution < 1.29 is 19.1 Å². The lowest BCUT2D eigenvalue weighted by molar-refractivity contribution is -0.168. The summed E-state index contributed by atoms with van der Waals surface area (Å²) in [4.78, 5) is 24.7. The van der Waals surface area contributed by atoms with Gasteiger partial charge in [-0.1, -0.05) is 60.7 Å². The fourth-order valence-electron chi connectivity index (χ4n) is 3.79. The fourth-order valence-corrected chi connectivity index (χ4v) is 3.79. The molecule has 0 bridgehead atoms. The maximum atomic E-state index is 12.4. The van der Waals surface area contributed by atoms with Gasteiger partial charge >= 0.3 is 11.9 Å². The van der Waals surface area contributed by atoms with E-state index in [0.29, 0.717) is 0 Å². The summed E-state index contributed by atoms with van der Waals surface area (Å²) in [6, 6.07) is 19.6. The number of carbonyl (C=O) groups is 2. The highest BCUT2D eigenvalue weighted by atomic mass is 16.5. The molecular weight excluding hydrogens is 304 g/mol. The van der Waals surface area contributed by atoms with Gasteiger partial charge in [0.1, 0.15) is 0 Å². The summed E-state index contributed by atoms with van der Waals surface area (Å²) in [5, 5.41) is 0. The van der Waals surface area contributed by atoms with Crippen LogP contribution in [0.25, 0.3) is 0 Å². The van der Waals surface area contributed by atoms with Crippen LogP contribution in [-0.2, 0) is 19.1 Å². The minimum atomic E-state index is -0.532. The van der Waals surface area contributed by atoms with Crippen LogP contribution in [0.1, 0.15) is 23.0 Å². The number of benzene rings is 2. The van der Waals surface area contributed by atoms with Gasteiger partial charge in [-0.15, -0.1) is 0 Å². The average Bonchev–Trinajstić information content (AvgIpc) is 2.62. The van der Waals surface area contributed by atoms with Gasteiger partial charge in [0.25, 0.3) is 0 Å². The van der Waals surface area contributed by atoms with Gasteiger partial charge in [-0.2, -0.15) is 0 Å². The van der Waals surface area contributed by atoms with E-state index < -0.39 is 11.8 Å². The number of ether oxygens (including phenoxy) is 2. The van der Waals surface area contributed by atoms with Crippen molar-refractivity contribution in [2.45, 2.75) is 11.8 Å². The molecule has 0 spiro atoms. The highest BCUT2D eigenvalue weighted by Gasteiger charge is 2.59. The molecule has 4 heteroatoms. The average molecular weight is 324 g/mol. The Kier molecular flexibility index (Phi) is 4.65. The zero-order chi connectivity index (χ0) is 17.1. The number of esters is 2. The molecule has 24 heavy (non-hydrogen) atoms. The number of hydrogen-bond acceptors (Lipinski definition) is 4. The lowest BCUT2D eigenvalue weighted by Gasteiger charge is -2.49. The maximum absolute atomic E-state index is 12.4. The van der Waals surface area contributed by atoms with Crippen molar-refractivity contribution >= 4 is 11.9 Å². The third-order valence-corrected chi connectivity index (χ3v) is 4.86. The van der Waals surface area contributed by atoms with Crippen LogP contribution in [0, 0.1) is 11.8 Å². The molecule has 124 valence electrons. The van der Waals surface area contributed by atoms with Crippen LogP contribution >= 0.6 is 0 Å². The van der Waals surface area contributed by atoms with Gasteiger partial charge < -0.3 is 9.47 Å². The predicted octanol–water partition coefficient (Wildman–Crippen LogP) is 3.15. The molecule has 1 aliphatic rings. The summed E-state index contributed by atoms with van der Waals surface area (Å²) in [6.07, 6.45) is 0. The second-order valence-corrected chi connectivity index (χ2v) is 5.97. The fraction of sp³-hybridized carbons (Fsp3) is 0.300. The van der Waals surface area contributed by atoms with Crippen LogP contribution in [-0.4, -0.2) is 26.2 Å². The zero-order valence-corrected chi connectivity index (χ0v) is 13.7. The van der Waals surface area contributed by atoms with E-state index in [1.165, 1.54) is 14.2 Å². The Hall–Kier alpha value is -2.62. The van der Waals surface area contributed by atoms with Crippen molar-refractivity contribution in [3.63, 3.8) is 0 Å². The van der Waals surface area contributed by atoms with Crippen LogP contribution in [0.2, 0.25) is 0 Å². The highest BCUT2D eigenvalue weighted by molar-refractivity contribution is 5.87. The Balaban J connectivity index is 2.07. The smallest absolute Gasteiger partial charge is 0.310 e. The molecule has 0 N–H and O–H groups in total. The van der Waals surface area contributed by atoms with Gasteiger partial charge in [-0.3, -0.25) is 9.59 Å². The number of rotatable bonds is 4. The van der Waals surface area contributed by atoms with Gasteiger partial charge in [0.15, 0.2) is 0 Å². The quantitative estimate of drug-likeness (QED) is 0.811. The second kappa shape index (κ2) is 6.87. The van der Waals surface area contributed by atoms with Crippen LogP contribution in [0.4, 0.5) is 0 Å². The van der Waals surface area contributed by atoms with E-state index in [1.54, 1.807) is 0 Å². The van der Waals surface area contributed by atoms with Gasteiger partial charge in [0, 0.05) is 11.8 Å². The van der Waals surface area contributed by atoms with E-state index in [9.17, 15) is 9.59 Å². The lowest BCUT2D eigenvalue weighted by atomic mass is 9.52. The monoisotopic (exact) mass is 324 g/mol. The Morgan fingerprint density at radius 2 is 1.00 bits per heavy atom. The molecule has 4 nitrogen and oxygen atoms in total. The summed E-state index contributed by atoms with van der Waals surface area (Å²) in [5.74, 6) is -2.02. The standard InChI is InChI=1S/C20H20O4/c1-23-19(21)17-15(13-9-5-3-6-10-13)16(18(17)20(22)24-2)14-11-7-4-8-12-14/h3-12,15-18H,1-2H3. The highest BCUT2D eigenvalue weighted by Crippen LogP contribution is 2.58. The van der Waals surface area contributed by atoms with Crippen molar-refractivity contribution in [2.75, 3.05) is 14.2 Å². The normalized spacial score (nSPS) is 25.4. The van der Waals surface area contributed by atoms with Crippen LogP contribution < -0.4 is 0 Å². The predicted molar refractivity (Wildman–Crippen MR) is 89.4 cm³/mol. The molecule has 0 radical (unpaired) electrons. The number of methoxy groups -OCH3 is 2. The lowest BCUT2D eigenvalue weighted by Crippen LogP contribution is -2.52. The number of carbonyl (C=O) groups excluding carboxylic acids is 2. The summed E-state index contributed by atoms with van der Waals surface area (Å²) in [6.45, 7) is 0. The van der Waals surface area contributed by atoms with Crippen molar-refractivity contribution in [3.05, 3.63) is 71.8 Å². The zero-order valence-electron chi connectivity index (χ0n) is 13.7. The largest absolute Gasteiger partial charge is 0.469 e. The molecule has 4 unspecified atom stereocenters. The molecule has 1 aliphatic carbocycles. The van der Waals surface area contributed by atoms with Gasteiger partial charge in [0.05, 0.1) is 26.1 Å². The molecule has 0 heterocycles. The summed E-state index contributed by atoms with van der Waals surface area (Å²) in [5.41, 5.74) is 2.06. The Morgan fingerprint density at radius 3 is 1.29 bits per heavy atom. The van der Waals surface area contributed by atoms with Gasteiger partial charge in [-0.05, 0) is 11.1 Å². The summed E-state index contributed by atoms with van der Waals surface area (Å²) in [7, 11) is 2.71. The Morgan fingerprint density at radius 1 is 0.667 bits per heavy atom. The minimum Gasteiger partial charge on any atom is -0.469 e. The van der Waals surface area contributed by atoms with Gasteiger partial charge in [-0.25, -0.2) is 0 Å². The molecule has 1 saturated carbocycles. The first kappa shape index (κ1) is 16.2. The molecule has 0 aromatic heterocycles. The molecule has 0 aliphatic heterocycles. The van der Waals surface area contributed by atoms with Crippen molar-refractivity contribution in [3.8, 4) is 0 Å². The molecule has 0 amide bonds. The van der Waals surface area contributed by atoms with Crippen LogP contribution in [0.5, 0.6) is 0 Å². The Labute approximate surface area is 141 Å². The molecule has 1 fully saturated rings. The molecule has 2 aromatic carbocycles. The minimum absolute atomic E-state index is 0.106. The van der Waals surface area contributed by atoms with E-state index in [1.807, 2.05) is 60.7 Å². The summed E-state index contributed by atoms with van der Waals surface area (Å²) >= 11 is 0.